The molecule has 1 aliphatic rings. The van der Waals surface area contributed by atoms with Crippen LogP contribution in [0.2, 0.25) is 0 Å². The third-order valence-corrected chi connectivity index (χ3v) is 5.84. The summed E-state index contributed by atoms with van der Waals surface area (Å²) >= 11 is 0. The van der Waals surface area contributed by atoms with Gasteiger partial charge in [-0.2, -0.15) is 0 Å². The van der Waals surface area contributed by atoms with Gasteiger partial charge in [0.2, 0.25) is 5.95 Å². The molecule has 0 radical (unpaired) electrons. The van der Waals surface area contributed by atoms with Crippen molar-refractivity contribution in [2.75, 3.05) is 39.2 Å². The van der Waals surface area contributed by atoms with Crippen molar-refractivity contribution in [1.29, 1.82) is 0 Å². The molecule has 0 saturated carbocycles. The normalized spacial score (nSPS) is 14.8. The average Bonchev–Trinajstić information content (AvgIpc) is 3.14. The molecule has 154 valence electrons. The number of anilines is 1. The molecular weight excluding hydrogens is 364 g/mol. The summed E-state index contributed by atoms with van der Waals surface area (Å²) in [5.41, 5.74) is 3.30. The van der Waals surface area contributed by atoms with Crippen molar-refractivity contribution in [3.63, 3.8) is 0 Å². The van der Waals surface area contributed by atoms with Crippen molar-refractivity contribution in [3.05, 3.63) is 48.0 Å². The molecule has 29 heavy (non-hydrogen) atoms. The van der Waals surface area contributed by atoms with E-state index in [1.807, 2.05) is 24.3 Å². The number of para-hydroxylation sites is 2. The highest BCUT2D eigenvalue weighted by atomic mass is 16.5. The van der Waals surface area contributed by atoms with E-state index < -0.39 is 0 Å². The Morgan fingerprint density at radius 3 is 2.66 bits per heavy atom. The van der Waals surface area contributed by atoms with E-state index in [1.165, 1.54) is 37.9 Å². The number of rotatable bonds is 8. The largest absolute Gasteiger partial charge is 0.497 e. The summed E-state index contributed by atoms with van der Waals surface area (Å²) in [4.78, 5) is 6.56. The first-order valence-electron chi connectivity index (χ1n) is 10.5. The van der Waals surface area contributed by atoms with Crippen LogP contribution in [0.25, 0.3) is 11.0 Å². The van der Waals surface area contributed by atoms with Crippen LogP contribution in [0.3, 0.4) is 0 Å². The second-order valence-electron chi connectivity index (χ2n) is 7.67. The van der Waals surface area contributed by atoms with Gasteiger partial charge in [-0.1, -0.05) is 12.1 Å². The molecule has 1 fully saturated rings. The Morgan fingerprint density at radius 2 is 1.86 bits per heavy atom. The molecule has 1 aromatic heterocycles. The minimum Gasteiger partial charge on any atom is -0.497 e. The quantitative estimate of drug-likeness (QED) is 0.616. The Morgan fingerprint density at radius 1 is 1.03 bits per heavy atom. The fourth-order valence-corrected chi connectivity index (χ4v) is 4.18. The number of aromatic nitrogens is 2. The molecule has 3 aromatic rings. The fourth-order valence-electron chi connectivity index (χ4n) is 4.18. The Bertz CT molecular complexity index is 947. The molecule has 6 nitrogen and oxygen atoms in total. The molecule has 2 heterocycles. The number of methoxy groups -OCH3 is 2. The van der Waals surface area contributed by atoms with E-state index in [4.69, 9.17) is 14.5 Å². The van der Waals surface area contributed by atoms with Gasteiger partial charge in [0.15, 0.2) is 0 Å². The Balaban J connectivity index is 1.53. The lowest BCUT2D eigenvalue weighted by Gasteiger charge is -2.24. The summed E-state index contributed by atoms with van der Waals surface area (Å²) < 4.78 is 13.2. The molecule has 0 aliphatic carbocycles. The molecule has 0 bridgehead atoms. The molecule has 1 aliphatic heterocycles. The monoisotopic (exact) mass is 395 g/mol. The number of nitrogens with zero attached hydrogens (tertiary/aromatic N) is 2. The van der Waals surface area contributed by atoms with Gasteiger partial charge in [0.1, 0.15) is 11.5 Å². The maximum atomic E-state index is 5.54. The molecule has 0 amide bonds. The number of nitrogens with one attached hydrogen (secondary N) is 2. The van der Waals surface area contributed by atoms with Crippen molar-refractivity contribution < 1.29 is 14.4 Å². The van der Waals surface area contributed by atoms with Crippen LogP contribution in [-0.2, 0) is 13.1 Å². The molecule has 0 unspecified atom stereocenters. The molecule has 2 N–H and O–H groups in total. The van der Waals surface area contributed by atoms with Crippen LogP contribution in [0.15, 0.2) is 42.5 Å². The minimum absolute atomic E-state index is 0.646. The highest BCUT2D eigenvalue weighted by Crippen LogP contribution is 2.26. The number of benzene rings is 2. The second-order valence-corrected chi connectivity index (χ2v) is 7.67. The number of fused-ring (bicyclic) bond motifs is 1. The average molecular weight is 396 g/mol. The van der Waals surface area contributed by atoms with Crippen molar-refractivity contribution >= 4 is 17.0 Å². The first-order chi connectivity index (χ1) is 14.3. The molecule has 6 heteroatoms. The van der Waals surface area contributed by atoms with E-state index in [9.17, 15) is 0 Å². The number of quaternary nitrogens is 1. The van der Waals surface area contributed by atoms with E-state index in [1.54, 1.807) is 19.1 Å². The Labute approximate surface area is 172 Å². The summed E-state index contributed by atoms with van der Waals surface area (Å²) in [5.74, 6) is 2.53. The van der Waals surface area contributed by atoms with Gasteiger partial charge in [-0.15, -0.1) is 0 Å². The van der Waals surface area contributed by atoms with Crippen molar-refractivity contribution in [1.82, 2.24) is 9.55 Å². The number of imidazole rings is 1. The highest BCUT2D eigenvalue weighted by molar-refractivity contribution is 5.78. The summed E-state index contributed by atoms with van der Waals surface area (Å²) in [5, 5.41) is 3.54. The van der Waals surface area contributed by atoms with E-state index in [0.717, 1.165) is 41.6 Å². The van der Waals surface area contributed by atoms with Gasteiger partial charge in [0.05, 0.1) is 51.4 Å². The standard InChI is InChI=1S/C23H30N4O2/c1-28-19-11-10-18(22(16-19)29-2)17-24-23-25-20-8-4-5-9-21(20)27(23)15-14-26-12-6-3-7-13-26/h4-5,8-11,16H,3,6-7,12-15,17H2,1-2H3,(H,24,25)/p+1. The van der Waals surface area contributed by atoms with Crippen molar-refractivity contribution in [3.8, 4) is 11.5 Å². The number of ether oxygens (including phenoxy) is 2. The first kappa shape index (κ1) is 19.6. The highest BCUT2D eigenvalue weighted by Gasteiger charge is 2.16. The Hall–Kier alpha value is -2.73. The lowest BCUT2D eigenvalue weighted by molar-refractivity contribution is -0.905. The van der Waals surface area contributed by atoms with Crippen LogP contribution in [-0.4, -0.2) is 43.4 Å². The molecule has 2 aromatic carbocycles. The minimum atomic E-state index is 0.646. The lowest BCUT2D eigenvalue weighted by atomic mass is 10.1. The zero-order chi connectivity index (χ0) is 20.1. The molecular formula is C23H31N4O2+. The molecule has 0 atom stereocenters. The SMILES string of the molecule is COc1ccc(CNc2nc3ccccc3n2CC[NH+]2CCCCC2)c(OC)c1. The number of hydrogen-bond donors (Lipinski definition) is 2. The molecule has 0 spiro atoms. The van der Waals surface area contributed by atoms with Gasteiger partial charge in [0.25, 0.3) is 0 Å². The lowest BCUT2D eigenvalue weighted by Crippen LogP contribution is -3.13. The molecule has 1 saturated heterocycles. The predicted octanol–water partition coefficient (Wildman–Crippen LogP) is 2.73. The third kappa shape index (κ3) is 4.48. The van der Waals surface area contributed by atoms with Crippen LogP contribution in [0, 0.1) is 0 Å². The van der Waals surface area contributed by atoms with Crippen LogP contribution in [0.5, 0.6) is 11.5 Å². The smallest absolute Gasteiger partial charge is 0.204 e. The number of hydrogen-bond acceptors (Lipinski definition) is 4. The zero-order valence-corrected chi connectivity index (χ0v) is 17.4. The van der Waals surface area contributed by atoms with Gasteiger partial charge in [0, 0.05) is 18.2 Å². The summed E-state index contributed by atoms with van der Waals surface area (Å²) in [6.45, 7) is 5.34. The van der Waals surface area contributed by atoms with Crippen LogP contribution >= 0.6 is 0 Å². The van der Waals surface area contributed by atoms with Crippen LogP contribution < -0.4 is 19.7 Å². The van der Waals surface area contributed by atoms with Crippen molar-refractivity contribution in [2.24, 2.45) is 0 Å². The maximum absolute atomic E-state index is 5.54. The first-order valence-corrected chi connectivity index (χ1v) is 10.5. The molecule has 4 rings (SSSR count). The van der Waals surface area contributed by atoms with Crippen LogP contribution in [0.1, 0.15) is 24.8 Å². The van der Waals surface area contributed by atoms with Crippen LogP contribution in [0.4, 0.5) is 5.95 Å². The second kappa shape index (κ2) is 9.18. The third-order valence-electron chi connectivity index (χ3n) is 5.84. The van der Waals surface area contributed by atoms with Crippen molar-refractivity contribution in [2.45, 2.75) is 32.4 Å². The fraction of sp³-hybridized carbons (Fsp3) is 0.435. The Kier molecular flexibility index (Phi) is 6.20. The van der Waals surface area contributed by atoms with E-state index in [0.29, 0.717) is 6.54 Å². The zero-order valence-electron chi connectivity index (χ0n) is 17.4. The topological polar surface area (TPSA) is 52.8 Å². The van der Waals surface area contributed by atoms with Gasteiger partial charge >= 0.3 is 0 Å². The van der Waals surface area contributed by atoms with E-state index in [-0.39, 0.29) is 0 Å². The summed E-state index contributed by atoms with van der Waals surface area (Å²) in [6, 6.07) is 14.3. The van der Waals surface area contributed by atoms with Gasteiger partial charge in [-0.3, -0.25) is 0 Å². The summed E-state index contributed by atoms with van der Waals surface area (Å²) in [7, 11) is 3.36. The van der Waals surface area contributed by atoms with Gasteiger partial charge in [-0.25, -0.2) is 4.98 Å². The van der Waals surface area contributed by atoms with Gasteiger partial charge in [-0.05, 0) is 43.5 Å². The number of likely N-dealkylation sites (tertiary alicyclic amines) is 1. The number of piperidine rings is 1. The maximum Gasteiger partial charge on any atom is 0.204 e. The van der Waals surface area contributed by atoms with E-state index >= 15 is 0 Å². The van der Waals surface area contributed by atoms with E-state index in [2.05, 4.69) is 28.1 Å². The summed E-state index contributed by atoms with van der Waals surface area (Å²) in [6.07, 6.45) is 4.08. The van der Waals surface area contributed by atoms with Gasteiger partial charge < -0.3 is 24.3 Å². The predicted molar refractivity (Wildman–Crippen MR) is 116 cm³/mol.